The predicted molar refractivity (Wildman–Crippen MR) is 127 cm³/mol. The molecule has 2 unspecified atom stereocenters. The topological polar surface area (TPSA) is 82.5 Å². The Balaban J connectivity index is 1.61. The number of nitrogens with one attached hydrogen (secondary N) is 1. The summed E-state index contributed by atoms with van der Waals surface area (Å²) in [6, 6.07) is 12.3. The second-order valence-electron chi connectivity index (χ2n) is 7.56. The van der Waals surface area contributed by atoms with Crippen LogP contribution in [0.15, 0.2) is 52.4 Å². The van der Waals surface area contributed by atoms with Crippen molar-refractivity contribution in [1.82, 2.24) is 9.55 Å². The number of anilines is 1. The molecule has 2 aromatic carbocycles. The van der Waals surface area contributed by atoms with Gasteiger partial charge in [-0.15, -0.1) is 0 Å². The van der Waals surface area contributed by atoms with Crippen LogP contribution in [0.5, 0.6) is 5.75 Å². The minimum atomic E-state index is -0.525. The lowest BCUT2D eigenvalue weighted by molar-refractivity contribution is -0.115. The number of benzene rings is 2. The molecule has 0 saturated carbocycles. The highest BCUT2D eigenvalue weighted by molar-refractivity contribution is 8.00. The molecule has 0 radical (unpaired) electrons. The van der Waals surface area contributed by atoms with E-state index >= 15 is 0 Å². The molecule has 1 aliphatic rings. The van der Waals surface area contributed by atoms with Crippen molar-refractivity contribution in [2.75, 3.05) is 19.0 Å². The van der Waals surface area contributed by atoms with E-state index in [2.05, 4.69) is 5.32 Å². The molecule has 0 aliphatic carbocycles. The lowest BCUT2D eigenvalue weighted by atomic mass is 10.2. The van der Waals surface area contributed by atoms with Gasteiger partial charge in [-0.25, -0.2) is 4.98 Å². The first kappa shape index (κ1) is 22.6. The second kappa shape index (κ2) is 9.94. The Labute approximate surface area is 195 Å². The number of carbonyl (C=O) groups is 1. The number of nitrogens with zero attached hydrogens (tertiary/aromatic N) is 2. The highest BCUT2D eigenvalue weighted by Crippen LogP contribution is 2.30. The zero-order chi connectivity index (χ0) is 22.7. The minimum absolute atomic E-state index is 0.0325. The van der Waals surface area contributed by atoms with E-state index in [9.17, 15) is 9.59 Å². The number of halogens is 1. The van der Waals surface area contributed by atoms with E-state index in [0.29, 0.717) is 45.7 Å². The standard InChI is InChI=1S/C23H24ClN3O4S/c1-14(21(28)25-19-12-15(24)9-10-20(19)30-2)32-23-26-18-8-4-3-7-17(18)22(29)27(23)13-16-6-5-11-31-16/h3-4,7-10,12,14,16H,5-6,11,13H2,1-2H3,(H,25,28). The van der Waals surface area contributed by atoms with Gasteiger partial charge in [-0.3, -0.25) is 14.2 Å². The average molecular weight is 474 g/mol. The fourth-order valence-corrected chi connectivity index (χ4v) is 4.70. The zero-order valence-electron chi connectivity index (χ0n) is 17.8. The van der Waals surface area contributed by atoms with Crippen LogP contribution in [-0.2, 0) is 16.1 Å². The van der Waals surface area contributed by atoms with E-state index < -0.39 is 5.25 Å². The van der Waals surface area contributed by atoms with Gasteiger partial charge in [0, 0.05) is 11.6 Å². The van der Waals surface area contributed by atoms with Crippen molar-refractivity contribution in [1.29, 1.82) is 0 Å². The molecule has 1 saturated heterocycles. The number of thioether (sulfide) groups is 1. The summed E-state index contributed by atoms with van der Waals surface area (Å²) in [5, 5.41) is 3.86. The highest BCUT2D eigenvalue weighted by Gasteiger charge is 2.23. The number of methoxy groups -OCH3 is 1. The zero-order valence-corrected chi connectivity index (χ0v) is 19.4. The summed E-state index contributed by atoms with van der Waals surface area (Å²) in [6.45, 7) is 2.88. The van der Waals surface area contributed by atoms with Crippen LogP contribution in [0, 0.1) is 0 Å². The Morgan fingerprint density at radius 2 is 2.19 bits per heavy atom. The van der Waals surface area contributed by atoms with Crippen LogP contribution in [-0.4, -0.2) is 40.5 Å². The molecular formula is C23H24ClN3O4S. The molecule has 3 aromatic rings. The maximum absolute atomic E-state index is 13.2. The second-order valence-corrected chi connectivity index (χ2v) is 9.30. The van der Waals surface area contributed by atoms with Crippen molar-refractivity contribution in [2.24, 2.45) is 0 Å². The smallest absolute Gasteiger partial charge is 0.262 e. The number of hydrogen-bond donors (Lipinski definition) is 1. The monoisotopic (exact) mass is 473 g/mol. The van der Waals surface area contributed by atoms with Crippen molar-refractivity contribution in [2.45, 2.75) is 42.8 Å². The van der Waals surface area contributed by atoms with Crippen molar-refractivity contribution in [3.8, 4) is 5.75 Å². The number of para-hydroxylation sites is 1. The number of fused-ring (bicyclic) bond motifs is 1. The summed E-state index contributed by atoms with van der Waals surface area (Å²) in [5.41, 5.74) is 0.964. The molecule has 1 N–H and O–H groups in total. The molecule has 1 fully saturated rings. The van der Waals surface area contributed by atoms with E-state index in [4.69, 9.17) is 26.1 Å². The third-order valence-corrected chi connectivity index (χ3v) is 6.63. The van der Waals surface area contributed by atoms with E-state index in [-0.39, 0.29) is 17.6 Å². The molecule has 2 heterocycles. The van der Waals surface area contributed by atoms with E-state index in [1.807, 2.05) is 12.1 Å². The normalized spacial score (nSPS) is 16.8. The molecular weight excluding hydrogens is 450 g/mol. The first-order valence-corrected chi connectivity index (χ1v) is 11.6. The van der Waals surface area contributed by atoms with Gasteiger partial charge >= 0.3 is 0 Å². The van der Waals surface area contributed by atoms with Crippen LogP contribution in [0.3, 0.4) is 0 Å². The number of hydrogen-bond acceptors (Lipinski definition) is 6. The molecule has 0 spiro atoms. The van der Waals surface area contributed by atoms with Gasteiger partial charge in [-0.1, -0.05) is 35.5 Å². The lowest BCUT2D eigenvalue weighted by Gasteiger charge is -2.19. The first-order valence-electron chi connectivity index (χ1n) is 10.4. The first-order chi connectivity index (χ1) is 15.5. The fourth-order valence-electron chi connectivity index (χ4n) is 3.61. The Morgan fingerprint density at radius 3 is 2.94 bits per heavy atom. The van der Waals surface area contributed by atoms with Crippen LogP contribution in [0.1, 0.15) is 19.8 Å². The Morgan fingerprint density at radius 1 is 1.38 bits per heavy atom. The summed E-state index contributed by atoms with van der Waals surface area (Å²) in [7, 11) is 1.53. The molecule has 32 heavy (non-hydrogen) atoms. The summed E-state index contributed by atoms with van der Waals surface area (Å²) in [6.07, 6.45) is 1.84. The number of carbonyl (C=O) groups excluding carboxylic acids is 1. The summed E-state index contributed by atoms with van der Waals surface area (Å²) in [5.74, 6) is 0.265. The van der Waals surface area contributed by atoms with Gasteiger partial charge in [-0.2, -0.15) is 0 Å². The van der Waals surface area contributed by atoms with Crippen LogP contribution < -0.4 is 15.6 Å². The van der Waals surface area contributed by atoms with Crippen molar-refractivity contribution in [3.05, 3.63) is 57.8 Å². The molecule has 4 rings (SSSR count). The average Bonchev–Trinajstić information content (AvgIpc) is 3.30. The third-order valence-electron chi connectivity index (χ3n) is 5.31. The van der Waals surface area contributed by atoms with Gasteiger partial charge in [0.05, 0.1) is 41.6 Å². The Kier molecular flexibility index (Phi) is 7.03. The summed E-state index contributed by atoms with van der Waals surface area (Å²) >= 11 is 7.31. The van der Waals surface area contributed by atoms with E-state index in [1.54, 1.807) is 41.8 Å². The predicted octanol–water partition coefficient (Wildman–Crippen LogP) is 4.36. The molecule has 7 nitrogen and oxygen atoms in total. The quantitative estimate of drug-likeness (QED) is 0.405. The van der Waals surface area contributed by atoms with Gasteiger partial charge < -0.3 is 14.8 Å². The number of ether oxygens (including phenoxy) is 2. The third kappa shape index (κ3) is 4.92. The van der Waals surface area contributed by atoms with Crippen molar-refractivity contribution < 1.29 is 14.3 Å². The SMILES string of the molecule is COc1ccc(Cl)cc1NC(=O)C(C)Sc1nc2ccccc2c(=O)n1CC1CCCO1. The molecule has 2 atom stereocenters. The van der Waals surface area contributed by atoms with Crippen LogP contribution in [0.4, 0.5) is 5.69 Å². The van der Waals surface area contributed by atoms with Gasteiger partial charge in [0.15, 0.2) is 5.16 Å². The van der Waals surface area contributed by atoms with Crippen LogP contribution in [0.2, 0.25) is 5.02 Å². The van der Waals surface area contributed by atoms with E-state index in [1.165, 1.54) is 18.9 Å². The number of amides is 1. The van der Waals surface area contributed by atoms with Crippen molar-refractivity contribution in [3.63, 3.8) is 0 Å². The van der Waals surface area contributed by atoms with Crippen LogP contribution >= 0.6 is 23.4 Å². The molecule has 9 heteroatoms. The Hall–Kier alpha value is -2.55. The lowest BCUT2D eigenvalue weighted by Crippen LogP contribution is -2.30. The molecule has 168 valence electrons. The maximum Gasteiger partial charge on any atom is 0.262 e. The van der Waals surface area contributed by atoms with E-state index in [0.717, 1.165) is 12.8 Å². The minimum Gasteiger partial charge on any atom is -0.495 e. The molecule has 1 aliphatic heterocycles. The molecule has 1 aromatic heterocycles. The van der Waals surface area contributed by atoms with Crippen LogP contribution in [0.25, 0.3) is 10.9 Å². The highest BCUT2D eigenvalue weighted by atomic mass is 35.5. The number of rotatable bonds is 7. The van der Waals surface area contributed by atoms with Gasteiger partial charge in [0.1, 0.15) is 5.75 Å². The Bertz CT molecular complexity index is 1190. The van der Waals surface area contributed by atoms with Gasteiger partial charge in [-0.05, 0) is 50.1 Å². The summed E-state index contributed by atoms with van der Waals surface area (Å²) in [4.78, 5) is 30.9. The summed E-state index contributed by atoms with van der Waals surface area (Å²) < 4.78 is 12.7. The maximum atomic E-state index is 13.2. The molecule has 1 amide bonds. The van der Waals surface area contributed by atoms with Gasteiger partial charge in [0.2, 0.25) is 5.91 Å². The fraction of sp³-hybridized carbons (Fsp3) is 0.348. The number of aromatic nitrogens is 2. The van der Waals surface area contributed by atoms with Gasteiger partial charge in [0.25, 0.3) is 5.56 Å². The molecule has 0 bridgehead atoms. The largest absolute Gasteiger partial charge is 0.495 e. The van der Waals surface area contributed by atoms with Crippen molar-refractivity contribution >= 4 is 45.9 Å².